The van der Waals surface area contributed by atoms with Gasteiger partial charge in [-0.1, -0.05) is 35.9 Å². The molecule has 0 aliphatic heterocycles. The van der Waals surface area contributed by atoms with Gasteiger partial charge in [-0.15, -0.1) is 0 Å². The van der Waals surface area contributed by atoms with Gasteiger partial charge in [0, 0.05) is 46.1 Å². The first-order valence-electron chi connectivity index (χ1n) is 9.26. The van der Waals surface area contributed by atoms with Gasteiger partial charge < -0.3 is 15.6 Å². The minimum Gasteiger partial charge on any atom is -0.370 e. The second-order valence-electron chi connectivity index (χ2n) is 6.84. The molecule has 0 unspecified atom stereocenters. The number of aromatic amines is 1. The smallest absolute Gasteiger partial charge is 0.229 e. The summed E-state index contributed by atoms with van der Waals surface area (Å²) in [6.07, 6.45) is 2.98. The molecular weight excluding hydrogens is 370 g/mol. The number of fused-ring (bicyclic) bond motifs is 1. The number of benzene rings is 2. The summed E-state index contributed by atoms with van der Waals surface area (Å²) < 4.78 is 0. The second-order valence-corrected chi connectivity index (χ2v) is 7.25. The van der Waals surface area contributed by atoms with Crippen molar-refractivity contribution in [3.05, 3.63) is 76.6 Å². The average Bonchev–Trinajstić information content (AvgIpc) is 3.08. The summed E-state index contributed by atoms with van der Waals surface area (Å²) in [7, 11) is 0. The first kappa shape index (κ1) is 18.3. The summed E-state index contributed by atoms with van der Waals surface area (Å²) in [4.78, 5) is 12.4. The largest absolute Gasteiger partial charge is 0.370 e. The molecule has 28 heavy (non-hydrogen) atoms. The van der Waals surface area contributed by atoms with E-state index in [9.17, 15) is 0 Å². The molecule has 0 radical (unpaired) electrons. The Bertz CT molecular complexity index is 1120. The standard InChI is InChI=1S/C22H22ClN5/c1-14-7-8-17(12-19(14)23)27-22-26-15(2)11-21(28-22)24-10-9-16-13-25-20-6-4-3-5-18(16)20/h3-8,11-13,25H,9-10H2,1-2H3,(H2,24,26,27,28). The molecule has 0 atom stereocenters. The number of aryl methyl sites for hydroxylation is 2. The minimum atomic E-state index is 0.550. The highest BCUT2D eigenvalue weighted by atomic mass is 35.5. The summed E-state index contributed by atoms with van der Waals surface area (Å²) in [5.74, 6) is 1.35. The number of anilines is 3. The zero-order valence-corrected chi connectivity index (χ0v) is 16.6. The number of aromatic nitrogens is 3. The van der Waals surface area contributed by atoms with Crippen LogP contribution in [0.15, 0.2) is 54.7 Å². The van der Waals surface area contributed by atoms with Gasteiger partial charge in [0.05, 0.1) is 0 Å². The molecule has 0 aliphatic rings. The Balaban J connectivity index is 1.44. The van der Waals surface area contributed by atoms with E-state index < -0.39 is 0 Å². The van der Waals surface area contributed by atoms with Gasteiger partial charge >= 0.3 is 0 Å². The van der Waals surface area contributed by atoms with Crippen LogP contribution in [-0.2, 0) is 6.42 Å². The SMILES string of the molecule is Cc1cc(NCCc2c[nH]c3ccccc23)nc(Nc2ccc(C)c(Cl)c2)n1. The Hall–Kier alpha value is -3.05. The Morgan fingerprint density at radius 3 is 2.75 bits per heavy atom. The van der Waals surface area contributed by atoms with Crippen LogP contribution in [0.25, 0.3) is 10.9 Å². The zero-order valence-electron chi connectivity index (χ0n) is 15.9. The molecule has 5 nitrogen and oxygen atoms in total. The maximum absolute atomic E-state index is 6.21. The van der Waals surface area contributed by atoms with Crippen molar-refractivity contribution >= 4 is 40.0 Å². The first-order valence-corrected chi connectivity index (χ1v) is 9.64. The molecule has 6 heteroatoms. The molecule has 0 spiro atoms. The molecule has 2 aromatic heterocycles. The number of H-pyrrole nitrogens is 1. The van der Waals surface area contributed by atoms with Gasteiger partial charge in [-0.3, -0.25) is 0 Å². The van der Waals surface area contributed by atoms with Gasteiger partial charge in [0.25, 0.3) is 0 Å². The predicted octanol–water partition coefficient (Wildman–Crippen LogP) is 5.63. The fourth-order valence-corrected chi connectivity index (χ4v) is 3.36. The third-order valence-corrected chi connectivity index (χ3v) is 5.06. The van der Waals surface area contributed by atoms with Gasteiger partial charge in [0.1, 0.15) is 5.82 Å². The van der Waals surface area contributed by atoms with Crippen LogP contribution in [0.5, 0.6) is 0 Å². The number of rotatable bonds is 6. The van der Waals surface area contributed by atoms with Crippen LogP contribution in [0.2, 0.25) is 5.02 Å². The summed E-state index contributed by atoms with van der Waals surface area (Å²) in [5.41, 5.74) is 5.26. The van der Waals surface area contributed by atoms with Crippen LogP contribution in [0.1, 0.15) is 16.8 Å². The molecule has 0 aliphatic carbocycles. The van der Waals surface area contributed by atoms with Crippen molar-refractivity contribution in [1.29, 1.82) is 0 Å². The van der Waals surface area contributed by atoms with Crippen molar-refractivity contribution in [2.75, 3.05) is 17.2 Å². The molecule has 3 N–H and O–H groups in total. The average molecular weight is 392 g/mol. The van der Waals surface area contributed by atoms with E-state index in [0.717, 1.165) is 40.8 Å². The Morgan fingerprint density at radius 2 is 1.89 bits per heavy atom. The van der Waals surface area contributed by atoms with Crippen LogP contribution < -0.4 is 10.6 Å². The minimum absolute atomic E-state index is 0.550. The highest BCUT2D eigenvalue weighted by Gasteiger charge is 2.06. The van der Waals surface area contributed by atoms with E-state index in [1.54, 1.807) is 0 Å². The van der Waals surface area contributed by atoms with Crippen molar-refractivity contribution in [2.24, 2.45) is 0 Å². The monoisotopic (exact) mass is 391 g/mol. The van der Waals surface area contributed by atoms with Crippen molar-refractivity contribution < 1.29 is 0 Å². The van der Waals surface area contributed by atoms with E-state index in [2.05, 4.69) is 50.0 Å². The molecule has 4 rings (SSSR count). The zero-order chi connectivity index (χ0) is 19.5. The van der Waals surface area contributed by atoms with Crippen molar-refractivity contribution in [1.82, 2.24) is 15.0 Å². The van der Waals surface area contributed by atoms with E-state index in [1.807, 2.05) is 44.2 Å². The third kappa shape index (κ3) is 4.10. The second kappa shape index (κ2) is 7.90. The van der Waals surface area contributed by atoms with E-state index >= 15 is 0 Å². The van der Waals surface area contributed by atoms with Crippen LogP contribution in [0.3, 0.4) is 0 Å². The van der Waals surface area contributed by atoms with Crippen LogP contribution in [0.4, 0.5) is 17.5 Å². The van der Waals surface area contributed by atoms with Gasteiger partial charge in [-0.25, -0.2) is 4.98 Å². The van der Waals surface area contributed by atoms with Gasteiger partial charge in [-0.2, -0.15) is 4.98 Å². The predicted molar refractivity (Wildman–Crippen MR) is 117 cm³/mol. The normalized spacial score (nSPS) is 11.0. The van der Waals surface area contributed by atoms with Crippen LogP contribution >= 0.6 is 11.6 Å². The highest BCUT2D eigenvalue weighted by molar-refractivity contribution is 6.31. The fourth-order valence-electron chi connectivity index (χ4n) is 3.18. The molecular formula is C22H22ClN5. The summed E-state index contributed by atoms with van der Waals surface area (Å²) in [6, 6.07) is 16.1. The molecule has 0 bridgehead atoms. The number of nitrogens with one attached hydrogen (secondary N) is 3. The van der Waals surface area contributed by atoms with Crippen molar-refractivity contribution in [2.45, 2.75) is 20.3 Å². The number of nitrogens with zero attached hydrogens (tertiary/aromatic N) is 2. The van der Waals surface area contributed by atoms with Crippen molar-refractivity contribution in [3.8, 4) is 0 Å². The number of hydrogen-bond acceptors (Lipinski definition) is 4. The van der Waals surface area contributed by atoms with Crippen LogP contribution in [-0.4, -0.2) is 21.5 Å². The Morgan fingerprint density at radius 1 is 1.04 bits per heavy atom. The third-order valence-electron chi connectivity index (χ3n) is 4.66. The summed E-state index contributed by atoms with van der Waals surface area (Å²) >= 11 is 6.21. The molecule has 0 saturated heterocycles. The molecule has 0 amide bonds. The lowest BCUT2D eigenvalue weighted by Crippen LogP contribution is -2.08. The molecule has 0 fully saturated rings. The molecule has 4 aromatic rings. The number of hydrogen-bond donors (Lipinski definition) is 3. The highest BCUT2D eigenvalue weighted by Crippen LogP contribution is 2.23. The fraction of sp³-hybridized carbons (Fsp3) is 0.182. The van der Waals surface area contributed by atoms with Crippen molar-refractivity contribution in [3.63, 3.8) is 0 Å². The lowest BCUT2D eigenvalue weighted by molar-refractivity contribution is 1.00. The van der Waals surface area contributed by atoms with Gasteiger partial charge in [0.2, 0.25) is 5.95 Å². The Kier molecular flexibility index (Phi) is 5.17. The number of para-hydroxylation sites is 1. The van der Waals surface area contributed by atoms with E-state index in [-0.39, 0.29) is 0 Å². The maximum atomic E-state index is 6.21. The molecule has 2 heterocycles. The van der Waals surface area contributed by atoms with Crippen LogP contribution in [0, 0.1) is 13.8 Å². The van der Waals surface area contributed by atoms with E-state index in [4.69, 9.17) is 11.6 Å². The summed E-state index contributed by atoms with van der Waals surface area (Å²) in [6.45, 7) is 4.72. The van der Waals surface area contributed by atoms with E-state index in [0.29, 0.717) is 5.95 Å². The number of halogens is 1. The quantitative estimate of drug-likeness (QED) is 0.398. The first-order chi connectivity index (χ1) is 13.6. The lowest BCUT2D eigenvalue weighted by Gasteiger charge is -2.10. The molecule has 0 saturated carbocycles. The maximum Gasteiger partial charge on any atom is 0.229 e. The van der Waals surface area contributed by atoms with E-state index in [1.165, 1.54) is 16.5 Å². The Labute approximate surface area is 169 Å². The topological polar surface area (TPSA) is 65.6 Å². The van der Waals surface area contributed by atoms with Gasteiger partial charge in [0.15, 0.2) is 0 Å². The summed E-state index contributed by atoms with van der Waals surface area (Å²) in [5, 5.41) is 8.62. The molecule has 142 valence electrons. The van der Waals surface area contributed by atoms with Gasteiger partial charge in [-0.05, 0) is 49.6 Å². The lowest BCUT2D eigenvalue weighted by atomic mass is 10.1. The molecule has 2 aromatic carbocycles.